The van der Waals surface area contributed by atoms with E-state index in [0.29, 0.717) is 22.5 Å². The van der Waals surface area contributed by atoms with Crippen LogP contribution in [0.4, 0.5) is 5.82 Å². The van der Waals surface area contributed by atoms with Crippen molar-refractivity contribution >= 4 is 23.4 Å². The predicted molar refractivity (Wildman–Crippen MR) is 62.9 cm³/mol. The Morgan fingerprint density at radius 2 is 2.44 bits per heavy atom. The molecule has 0 saturated heterocycles. The fraction of sp³-hybridized carbons (Fsp3) is 0.222. The molecule has 2 aromatic heterocycles. The smallest absolute Gasteiger partial charge is 0.255 e. The van der Waals surface area contributed by atoms with Gasteiger partial charge in [-0.15, -0.1) is 11.5 Å². The van der Waals surface area contributed by atoms with Crippen LogP contribution in [-0.2, 0) is 0 Å². The lowest BCUT2D eigenvalue weighted by Crippen LogP contribution is -2.12. The van der Waals surface area contributed by atoms with Gasteiger partial charge in [0.15, 0.2) is 0 Å². The Balaban J connectivity index is 2.48. The minimum atomic E-state index is 0.507. The van der Waals surface area contributed by atoms with Gasteiger partial charge in [-0.25, -0.2) is 10.8 Å². The summed E-state index contributed by atoms with van der Waals surface area (Å²) in [6.07, 6.45) is 5.17. The third-order valence-electron chi connectivity index (χ3n) is 1.85. The molecule has 0 aromatic carbocycles. The summed E-state index contributed by atoms with van der Waals surface area (Å²) >= 11 is 1.38. The molecule has 2 heterocycles. The number of fused-ring (bicyclic) bond motifs is 1. The number of nitrogens with zero attached hydrogens (tertiary/aromatic N) is 4. The van der Waals surface area contributed by atoms with Crippen LogP contribution in [0.25, 0.3) is 5.78 Å². The zero-order chi connectivity index (χ0) is 11.5. The normalized spacial score (nSPS) is 10.3. The first-order valence-electron chi connectivity index (χ1n) is 4.52. The molecular weight excluding hydrogens is 224 g/mol. The van der Waals surface area contributed by atoms with E-state index in [4.69, 9.17) is 12.3 Å². The highest BCUT2D eigenvalue weighted by Gasteiger charge is 2.08. The van der Waals surface area contributed by atoms with Gasteiger partial charge >= 0.3 is 0 Å². The maximum Gasteiger partial charge on any atom is 0.255 e. The Bertz CT molecular complexity index is 555. The molecule has 3 N–H and O–H groups in total. The molecule has 0 unspecified atom stereocenters. The van der Waals surface area contributed by atoms with Gasteiger partial charge in [-0.3, -0.25) is 0 Å². The molecule has 0 fully saturated rings. The van der Waals surface area contributed by atoms with Crippen LogP contribution in [0.5, 0.6) is 0 Å². The SMILES string of the molecule is C#CCSc1nc2nc(C)cc(NN)n2n1. The first-order valence-corrected chi connectivity index (χ1v) is 5.50. The fourth-order valence-corrected chi connectivity index (χ4v) is 1.74. The van der Waals surface area contributed by atoms with Gasteiger partial charge in [0.1, 0.15) is 5.82 Å². The summed E-state index contributed by atoms with van der Waals surface area (Å²) in [4.78, 5) is 8.47. The van der Waals surface area contributed by atoms with Crippen LogP contribution in [0.15, 0.2) is 11.2 Å². The van der Waals surface area contributed by atoms with Crippen LogP contribution in [-0.4, -0.2) is 25.3 Å². The molecule has 0 bridgehead atoms. The largest absolute Gasteiger partial charge is 0.308 e. The molecule has 0 aliphatic heterocycles. The number of aromatic nitrogens is 4. The number of nitrogens with two attached hydrogens (primary N) is 1. The van der Waals surface area contributed by atoms with Gasteiger partial charge in [0.05, 0.1) is 5.75 Å². The van der Waals surface area contributed by atoms with Crippen LogP contribution in [0.3, 0.4) is 0 Å². The molecular formula is C9H10N6S. The minimum absolute atomic E-state index is 0.507. The lowest BCUT2D eigenvalue weighted by Gasteiger charge is -2.02. The molecule has 0 aliphatic carbocycles. The molecule has 0 aliphatic rings. The van der Waals surface area contributed by atoms with E-state index in [2.05, 4.69) is 26.4 Å². The van der Waals surface area contributed by atoms with E-state index < -0.39 is 0 Å². The predicted octanol–water partition coefficient (Wildman–Crippen LogP) is 0.444. The quantitative estimate of drug-likeness (QED) is 0.347. The molecule has 0 radical (unpaired) electrons. The summed E-state index contributed by atoms with van der Waals surface area (Å²) in [7, 11) is 0. The van der Waals surface area contributed by atoms with Gasteiger partial charge in [0.25, 0.3) is 5.78 Å². The van der Waals surface area contributed by atoms with Crippen molar-refractivity contribution in [1.82, 2.24) is 19.6 Å². The number of nitrogen functional groups attached to an aromatic ring is 1. The third kappa shape index (κ3) is 1.93. The van der Waals surface area contributed by atoms with Crippen molar-refractivity contribution in [3.8, 4) is 12.3 Å². The van der Waals surface area contributed by atoms with Gasteiger partial charge < -0.3 is 5.43 Å². The Hall–Kier alpha value is -1.78. The molecule has 82 valence electrons. The molecule has 2 aromatic rings. The minimum Gasteiger partial charge on any atom is -0.308 e. The van der Waals surface area contributed by atoms with Gasteiger partial charge in [0.2, 0.25) is 5.16 Å². The molecule has 6 nitrogen and oxygen atoms in total. The average Bonchev–Trinajstić information content (AvgIpc) is 2.67. The summed E-state index contributed by atoms with van der Waals surface area (Å²) in [6, 6.07) is 1.79. The Labute approximate surface area is 96.6 Å². The van der Waals surface area contributed by atoms with Crippen LogP contribution in [0.1, 0.15) is 5.69 Å². The van der Waals surface area contributed by atoms with Crippen molar-refractivity contribution < 1.29 is 0 Å². The summed E-state index contributed by atoms with van der Waals surface area (Å²) in [5, 5.41) is 4.82. The van der Waals surface area contributed by atoms with E-state index in [-0.39, 0.29) is 0 Å². The Morgan fingerprint density at radius 1 is 1.62 bits per heavy atom. The number of thioether (sulfide) groups is 1. The molecule has 2 rings (SSSR count). The second-order valence-corrected chi connectivity index (χ2v) is 3.97. The first-order chi connectivity index (χ1) is 7.74. The molecule has 0 amide bonds. The van der Waals surface area contributed by atoms with Crippen molar-refractivity contribution in [1.29, 1.82) is 0 Å². The zero-order valence-corrected chi connectivity index (χ0v) is 9.45. The topological polar surface area (TPSA) is 81.1 Å². The Kier molecular flexibility index (Phi) is 2.94. The average molecular weight is 234 g/mol. The maximum absolute atomic E-state index is 5.39. The van der Waals surface area contributed by atoms with Crippen molar-refractivity contribution in [3.63, 3.8) is 0 Å². The Morgan fingerprint density at radius 3 is 3.12 bits per heavy atom. The van der Waals surface area contributed by atoms with Crippen LogP contribution < -0.4 is 11.3 Å². The number of aryl methyl sites for hydroxylation is 1. The number of terminal acetylenes is 1. The van der Waals surface area contributed by atoms with Crippen LogP contribution in [0, 0.1) is 19.3 Å². The monoisotopic (exact) mass is 234 g/mol. The van der Waals surface area contributed by atoms with Crippen molar-refractivity contribution in [2.75, 3.05) is 11.2 Å². The number of nitrogens with one attached hydrogen (secondary N) is 1. The van der Waals surface area contributed by atoms with E-state index in [0.717, 1.165) is 5.69 Å². The van der Waals surface area contributed by atoms with E-state index in [9.17, 15) is 0 Å². The second-order valence-electron chi connectivity index (χ2n) is 3.03. The summed E-state index contributed by atoms with van der Waals surface area (Å²) in [5.41, 5.74) is 3.37. The highest BCUT2D eigenvalue weighted by molar-refractivity contribution is 7.99. The summed E-state index contributed by atoms with van der Waals surface area (Å²) < 4.78 is 1.55. The van der Waals surface area contributed by atoms with E-state index in [1.807, 2.05) is 6.92 Å². The van der Waals surface area contributed by atoms with Crippen molar-refractivity contribution in [2.24, 2.45) is 5.84 Å². The van der Waals surface area contributed by atoms with Gasteiger partial charge in [-0.1, -0.05) is 17.7 Å². The molecule has 0 saturated carbocycles. The van der Waals surface area contributed by atoms with Crippen molar-refractivity contribution in [3.05, 3.63) is 11.8 Å². The van der Waals surface area contributed by atoms with E-state index >= 15 is 0 Å². The molecule has 16 heavy (non-hydrogen) atoms. The standard InChI is InChI=1S/C9H10N6S/c1-3-4-16-9-12-8-11-6(2)5-7(13-10)15(8)14-9/h1,5,13H,4,10H2,2H3. The molecule has 7 heteroatoms. The van der Waals surface area contributed by atoms with Gasteiger partial charge in [-0.05, 0) is 6.92 Å². The van der Waals surface area contributed by atoms with E-state index in [1.165, 1.54) is 11.8 Å². The highest BCUT2D eigenvalue weighted by Crippen LogP contribution is 2.16. The molecule has 0 atom stereocenters. The third-order valence-corrected chi connectivity index (χ3v) is 2.60. The van der Waals surface area contributed by atoms with Gasteiger partial charge in [0, 0.05) is 11.8 Å². The number of rotatable bonds is 3. The van der Waals surface area contributed by atoms with Gasteiger partial charge in [-0.2, -0.15) is 9.50 Å². The van der Waals surface area contributed by atoms with Crippen LogP contribution >= 0.6 is 11.8 Å². The maximum atomic E-state index is 5.39. The second kappa shape index (κ2) is 4.38. The highest BCUT2D eigenvalue weighted by atomic mass is 32.2. The summed E-state index contributed by atoms with van der Waals surface area (Å²) in [5.74, 6) is 9.58. The number of hydrogen-bond acceptors (Lipinski definition) is 6. The zero-order valence-electron chi connectivity index (χ0n) is 8.64. The number of hydrazine groups is 1. The number of hydrogen-bond donors (Lipinski definition) is 2. The molecule has 0 spiro atoms. The lowest BCUT2D eigenvalue weighted by molar-refractivity contribution is 0.876. The lowest BCUT2D eigenvalue weighted by atomic mass is 10.4. The van der Waals surface area contributed by atoms with Crippen molar-refractivity contribution in [2.45, 2.75) is 12.1 Å². The summed E-state index contributed by atoms with van der Waals surface area (Å²) in [6.45, 7) is 1.86. The van der Waals surface area contributed by atoms with Crippen LogP contribution in [0.2, 0.25) is 0 Å². The number of anilines is 1. The fourth-order valence-electron chi connectivity index (χ4n) is 1.24. The van der Waals surface area contributed by atoms with E-state index in [1.54, 1.807) is 10.6 Å². The first kappa shape index (κ1) is 10.7.